The molecule has 0 amide bonds. The second-order valence-corrected chi connectivity index (χ2v) is 6.06. The van der Waals surface area contributed by atoms with Gasteiger partial charge < -0.3 is 10.4 Å². The summed E-state index contributed by atoms with van der Waals surface area (Å²) >= 11 is 1.77. The Labute approximate surface area is 118 Å². The lowest BCUT2D eigenvalue weighted by molar-refractivity contribution is -0.144. The first kappa shape index (κ1) is 16.0. The van der Waals surface area contributed by atoms with Crippen molar-refractivity contribution in [3.63, 3.8) is 0 Å². The maximum Gasteiger partial charge on any atom is 0.323 e. The molecule has 0 spiro atoms. The number of carbonyl (C=O) groups is 1. The van der Waals surface area contributed by atoms with Gasteiger partial charge in [-0.05, 0) is 45.6 Å². The van der Waals surface area contributed by atoms with Crippen molar-refractivity contribution in [2.24, 2.45) is 7.05 Å². The number of hydrogen-bond acceptors (Lipinski definition) is 4. The molecule has 0 radical (unpaired) electrons. The summed E-state index contributed by atoms with van der Waals surface area (Å²) in [5, 5.41) is 17.5. The van der Waals surface area contributed by atoms with Gasteiger partial charge in [-0.2, -0.15) is 5.10 Å². The highest BCUT2D eigenvalue weighted by Crippen LogP contribution is 2.21. The van der Waals surface area contributed by atoms with Gasteiger partial charge in [-0.3, -0.25) is 9.48 Å². The van der Waals surface area contributed by atoms with E-state index in [0.717, 1.165) is 29.3 Å². The molecule has 6 heteroatoms. The van der Waals surface area contributed by atoms with Crippen molar-refractivity contribution in [3.05, 3.63) is 11.8 Å². The second-order valence-electron chi connectivity index (χ2n) is 4.94. The summed E-state index contributed by atoms with van der Waals surface area (Å²) in [4.78, 5) is 11.1. The van der Waals surface area contributed by atoms with Gasteiger partial charge in [0.1, 0.15) is 5.54 Å². The van der Waals surface area contributed by atoms with Crippen LogP contribution in [0.15, 0.2) is 11.1 Å². The number of likely N-dealkylation sites (N-methyl/N-ethyl adjacent to an activating group) is 1. The standard InChI is InChI=1S/C13H23N3O2S/c1-10-9-11(16(4)15-10)19-8-6-5-7-13(2,14-3)12(17)18/h9,14H,5-8H2,1-4H3,(H,17,18). The average molecular weight is 285 g/mol. The zero-order valence-electron chi connectivity index (χ0n) is 12.1. The molecule has 1 aromatic rings. The van der Waals surface area contributed by atoms with Crippen molar-refractivity contribution in [2.75, 3.05) is 12.8 Å². The van der Waals surface area contributed by atoms with E-state index in [-0.39, 0.29) is 0 Å². The van der Waals surface area contributed by atoms with Crippen molar-refractivity contribution in [1.82, 2.24) is 15.1 Å². The molecule has 1 rings (SSSR count). The molecular formula is C13H23N3O2S. The van der Waals surface area contributed by atoms with Crippen LogP contribution in [0, 0.1) is 6.92 Å². The van der Waals surface area contributed by atoms with Crippen LogP contribution in [0.3, 0.4) is 0 Å². The number of aryl methyl sites for hydroxylation is 2. The summed E-state index contributed by atoms with van der Waals surface area (Å²) in [6.45, 7) is 3.71. The topological polar surface area (TPSA) is 67.2 Å². The summed E-state index contributed by atoms with van der Waals surface area (Å²) in [6.07, 6.45) is 2.54. The SMILES string of the molecule is CNC(C)(CCCCSc1cc(C)nn1C)C(=O)O. The first-order valence-electron chi connectivity index (χ1n) is 6.45. The average Bonchev–Trinajstić information content (AvgIpc) is 2.67. The zero-order valence-corrected chi connectivity index (χ0v) is 12.9. The van der Waals surface area contributed by atoms with Gasteiger partial charge in [0.2, 0.25) is 0 Å². The summed E-state index contributed by atoms with van der Waals surface area (Å²) in [5.74, 6) is 0.197. The van der Waals surface area contributed by atoms with Gasteiger partial charge in [0, 0.05) is 7.05 Å². The van der Waals surface area contributed by atoms with Crippen LogP contribution in [0.4, 0.5) is 0 Å². The van der Waals surface area contributed by atoms with Gasteiger partial charge in [0.25, 0.3) is 0 Å². The Morgan fingerprint density at radius 2 is 2.26 bits per heavy atom. The fraction of sp³-hybridized carbons (Fsp3) is 0.692. The molecule has 108 valence electrons. The summed E-state index contributed by atoms with van der Waals surface area (Å²) < 4.78 is 1.88. The fourth-order valence-electron chi connectivity index (χ4n) is 1.82. The van der Waals surface area contributed by atoms with Gasteiger partial charge in [0.05, 0.1) is 10.7 Å². The van der Waals surface area contributed by atoms with Crippen molar-refractivity contribution >= 4 is 17.7 Å². The third kappa shape index (κ3) is 4.54. The van der Waals surface area contributed by atoms with Crippen LogP contribution in [0.25, 0.3) is 0 Å². The monoisotopic (exact) mass is 285 g/mol. The number of carboxylic acids is 1. The van der Waals surface area contributed by atoms with E-state index in [2.05, 4.69) is 16.5 Å². The molecule has 1 unspecified atom stereocenters. The highest BCUT2D eigenvalue weighted by atomic mass is 32.2. The molecule has 0 saturated heterocycles. The normalized spacial score (nSPS) is 14.3. The lowest BCUT2D eigenvalue weighted by Crippen LogP contribution is -2.47. The van der Waals surface area contributed by atoms with Crippen molar-refractivity contribution in [2.45, 2.75) is 43.7 Å². The number of thioether (sulfide) groups is 1. The molecule has 0 saturated carbocycles. The Bertz CT molecular complexity index is 434. The van der Waals surface area contributed by atoms with E-state index in [1.165, 1.54) is 0 Å². The van der Waals surface area contributed by atoms with Crippen molar-refractivity contribution < 1.29 is 9.90 Å². The summed E-state index contributed by atoms with van der Waals surface area (Å²) in [6, 6.07) is 2.07. The second kappa shape index (κ2) is 6.96. The number of carboxylic acid groups (broad SMARTS) is 1. The number of unbranched alkanes of at least 4 members (excludes halogenated alkanes) is 1. The molecule has 19 heavy (non-hydrogen) atoms. The summed E-state index contributed by atoms with van der Waals surface area (Å²) in [5.41, 5.74) is 0.215. The molecule has 0 aliphatic heterocycles. The van der Waals surface area contributed by atoms with E-state index in [0.29, 0.717) is 6.42 Å². The molecule has 5 nitrogen and oxygen atoms in total. The third-order valence-electron chi connectivity index (χ3n) is 3.30. The van der Waals surface area contributed by atoms with Gasteiger partial charge in [-0.25, -0.2) is 0 Å². The van der Waals surface area contributed by atoms with E-state index in [1.54, 1.807) is 25.7 Å². The maximum atomic E-state index is 11.1. The van der Waals surface area contributed by atoms with Crippen LogP contribution >= 0.6 is 11.8 Å². The van der Waals surface area contributed by atoms with E-state index < -0.39 is 11.5 Å². The highest BCUT2D eigenvalue weighted by molar-refractivity contribution is 7.99. The molecule has 1 aromatic heterocycles. The Morgan fingerprint density at radius 1 is 1.58 bits per heavy atom. The molecule has 0 aromatic carbocycles. The van der Waals surface area contributed by atoms with Crippen molar-refractivity contribution in [1.29, 1.82) is 0 Å². The minimum atomic E-state index is -0.812. The van der Waals surface area contributed by atoms with E-state index in [4.69, 9.17) is 5.11 Å². The number of rotatable bonds is 8. The molecule has 1 atom stereocenters. The van der Waals surface area contributed by atoms with Crippen LogP contribution in [0.5, 0.6) is 0 Å². The van der Waals surface area contributed by atoms with Gasteiger partial charge in [0.15, 0.2) is 0 Å². The lowest BCUT2D eigenvalue weighted by Gasteiger charge is -2.23. The molecule has 0 fully saturated rings. The van der Waals surface area contributed by atoms with Crippen LogP contribution in [-0.4, -0.2) is 39.2 Å². The van der Waals surface area contributed by atoms with Crippen LogP contribution < -0.4 is 5.32 Å². The molecule has 2 N–H and O–H groups in total. The molecule has 0 bridgehead atoms. The Hall–Kier alpha value is -1.01. The zero-order chi connectivity index (χ0) is 14.5. The predicted octanol–water partition coefficient (Wildman–Crippen LogP) is 2.05. The van der Waals surface area contributed by atoms with Crippen molar-refractivity contribution in [3.8, 4) is 0 Å². The van der Waals surface area contributed by atoms with E-state index >= 15 is 0 Å². The third-order valence-corrected chi connectivity index (χ3v) is 4.47. The smallest absolute Gasteiger partial charge is 0.323 e. The van der Waals surface area contributed by atoms with Crippen LogP contribution in [0.2, 0.25) is 0 Å². The Kier molecular flexibility index (Phi) is 5.87. The number of hydrogen-bond donors (Lipinski definition) is 2. The van der Waals surface area contributed by atoms with Gasteiger partial charge in [-0.15, -0.1) is 11.8 Å². The largest absolute Gasteiger partial charge is 0.480 e. The van der Waals surface area contributed by atoms with Gasteiger partial charge in [-0.1, -0.05) is 6.42 Å². The fourth-order valence-corrected chi connectivity index (χ4v) is 2.86. The lowest BCUT2D eigenvalue weighted by atomic mass is 9.95. The molecule has 1 heterocycles. The molecular weight excluding hydrogens is 262 g/mol. The first-order valence-corrected chi connectivity index (χ1v) is 7.43. The summed E-state index contributed by atoms with van der Waals surface area (Å²) in [7, 11) is 3.64. The first-order chi connectivity index (χ1) is 8.89. The minimum absolute atomic E-state index is 0.643. The Balaban J connectivity index is 2.28. The van der Waals surface area contributed by atoms with Crippen LogP contribution in [-0.2, 0) is 11.8 Å². The predicted molar refractivity (Wildman–Crippen MR) is 77.6 cm³/mol. The van der Waals surface area contributed by atoms with E-state index in [9.17, 15) is 4.79 Å². The number of nitrogens with zero attached hydrogens (tertiary/aromatic N) is 2. The quantitative estimate of drug-likeness (QED) is 0.565. The number of aliphatic carboxylic acids is 1. The number of nitrogens with one attached hydrogen (secondary N) is 1. The highest BCUT2D eigenvalue weighted by Gasteiger charge is 2.29. The maximum absolute atomic E-state index is 11.1. The van der Waals surface area contributed by atoms with Gasteiger partial charge >= 0.3 is 5.97 Å². The Morgan fingerprint density at radius 3 is 2.74 bits per heavy atom. The minimum Gasteiger partial charge on any atom is -0.480 e. The molecule has 0 aliphatic rings. The number of aromatic nitrogens is 2. The molecule has 0 aliphatic carbocycles. The van der Waals surface area contributed by atoms with E-state index in [1.807, 2.05) is 18.7 Å². The van der Waals surface area contributed by atoms with Crippen LogP contribution in [0.1, 0.15) is 31.9 Å².